The number of aromatic nitrogens is 1. The van der Waals surface area contributed by atoms with Gasteiger partial charge in [-0.05, 0) is 26.0 Å². The zero-order chi connectivity index (χ0) is 11.8. The zero-order valence-corrected chi connectivity index (χ0v) is 9.62. The van der Waals surface area contributed by atoms with Gasteiger partial charge >= 0.3 is 0 Å². The molecular formula is C12H16N2O2. The van der Waals surface area contributed by atoms with Crippen LogP contribution in [0.25, 0.3) is 0 Å². The third-order valence-electron chi connectivity index (χ3n) is 3.05. The van der Waals surface area contributed by atoms with Crippen LogP contribution in [0.15, 0.2) is 18.3 Å². The van der Waals surface area contributed by atoms with Gasteiger partial charge in [0.25, 0.3) is 5.91 Å². The van der Waals surface area contributed by atoms with E-state index in [0.29, 0.717) is 25.1 Å². The highest BCUT2D eigenvalue weighted by molar-refractivity contribution is 5.94. The molecule has 1 aliphatic heterocycles. The molecule has 0 spiro atoms. The molecule has 4 heteroatoms. The van der Waals surface area contributed by atoms with E-state index in [-0.39, 0.29) is 17.2 Å². The van der Waals surface area contributed by atoms with Gasteiger partial charge in [0.2, 0.25) is 0 Å². The Morgan fingerprint density at radius 1 is 1.50 bits per heavy atom. The van der Waals surface area contributed by atoms with Gasteiger partial charge in [-0.2, -0.15) is 0 Å². The molecule has 86 valence electrons. The summed E-state index contributed by atoms with van der Waals surface area (Å²) in [5, 5.41) is 0. The first-order valence-corrected chi connectivity index (χ1v) is 5.48. The van der Waals surface area contributed by atoms with Crippen molar-refractivity contribution in [2.75, 3.05) is 6.54 Å². The van der Waals surface area contributed by atoms with E-state index in [9.17, 15) is 9.59 Å². The third-order valence-corrected chi connectivity index (χ3v) is 3.05. The van der Waals surface area contributed by atoms with E-state index in [1.54, 1.807) is 23.2 Å². The van der Waals surface area contributed by atoms with Gasteiger partial charge in [0, 0.05) is 31.1 Å². The van der Waals surface area contributed by atoms with Gasteiger partial charge in [0.05, 0.1) is 0 Å². The van der Waals surface area contributed by atoms with Crippen LogP contribution in [0.2, 0.25) is 0 Å². The van der Waals surface area contributed by atoms with E-state index in [2.05, 4.69) is 4.98 Å². The molecule has 2 heterocycles. The number of amides is 1. The fraction of sp³-hybridized carbons (Fsp3) is 0.500. The Bertz CT molecular complexity index is 407. The third kappa shape index (κ3) is 1.87. The van der Waals surface area contributed by atoms with Gasteiger partial charge in [-0.15, -0.1) is 0 Å². The summed E-state index contributed by atoms with van der Waals surface area (Å²) in [6.07, 6.45) is 2.64. The first-order chi connectivity index (χ1) is 7.50. The number of Topliss-reactive ketones (excluding diaryl/α,β-unsaturated/α-hetero) is 1. The number of carbonyl (C=O) groups is 2. The van der Waals surface area contributed by atoms with Gasteiger partial charge in [-0.1, -0.05) is 0 Å². The second kappa shape index (κ2) is 3.77. The van der Waals surface area contributed by atoms with Crippen LogP contribution in [-0.4, -0.2) is 33.7 Å². The Morgan fingerprint density at radius 3 is 2.81 bits per heavy atom. The van der Waals surface area contributed by atoms with Crippen LogP contribution < -0.4 is 0 Å². The number of ketones is 1. The maximum absolute atomic E-state index is 12.2. The Hall–Kier alpha value is -1.58. The quantitative estimate of drug-likeness (QED) is 0.781. The van der Waals surface area contributed by atoms with Crippen molar-refractivity contribution in [2.45, 2.75) is 32.2 Å². The topological polar surface area (TPSA) is 53.2 Å². The van der Waals surface area contributed by atoms with Crippen LogP contribution in [0.5, 0.6) is 0 Å². The molecule has 1 fully saturated rings. The molecule has 0 bridgehead atoms. The lowest BCUT2D eigenvalue weighted by molar-refractivity contribution is -0.124. The van der Waals surface area contributed by atoms with Crippen LogP contribution in [0.4, 0.5) is 0 Å². The molecule has 16 heavy (non-hydrogen) atoms. The number of piperidine rings is 1. The lowest BCUT2D eigenvalue weighted by atomic mass is 9.89. The smallest absolute Gasteiger partial charge is 0.270 e. The van der Waals surface area contributed by atoms with Gasteiger partial charge in [0.15, 0.2) is 0 Å². The summed E-state index contributed by atoms with van der Waals surface area (Å²) in [6, 6.07) is 3.56. The van der Waals surface area contributed by atoms with Gasteiger partial charge in [-0.3, -0.25) is 9.59 Å². The zero-order valence-electron chi connectivity index (χ0n) is 9.62. The molecule has 0 aromatic carbocycles. The highest BCUT2D eigenvalue weighted by Gasteiger charge is 2.37. The molecule has 0 atom stereocenters. The maximum atomic E-state index is 12.2. The van der Waals surface area contributed by atoms with Crippen LogP contribution in [-0.2, 0) is 4.79 Å². The lowest BCUT2D eigenvalue weighted by Crippen LogP contribution is -2.53. The summed E-state index contributed by atoms with van der Waals surface area (Å²) in [6.45, 7) is 4.39. The SMILES string of the molecule is CC1(C)CC(=O)CCN1C(=O)c1ccc[nH]1. The predicted molar refractivity (Wildman–Crippen MR) is 60.1 cm³/mol. The highest BCUT2D eigenvalue weighted by atomic mass is 16.2. The molecule has 1 saturated heterocycles. The molecule has 1 aliphatic rings. The summed E-state index contributed by atoms with van der Waals surface area (Å²) in [4.78, 5) is 28.2. The fourth-order valence-electron chi connectivity index (χ4n) is 2.19. The second-order valence-electron chi connectivity index (χ2n) is 4.82. The first kappa shape index (κ1) is 10.9. The molecule has 0 saturated carbocycles. The van der Waals surface area contributed by atoms with E-state index in [1.165, 1.54) is 0 Å². The van der Waals surface area contributed by atoms with Crippen molar-refractivity contribution in [3.05, 3.63) is 24.0 Å². The normalized spacial score (nSPS) is 19.9. The number of aromatic amines is 1. The molecule has 1 amide bonds. The molecule has 4 nitrogen and oxygen atoms in total. The van der Waals surface area contributed by atoms with Gasteiger partial charge < -0.3 is 9.88 Å². The largest absolute Gasteiger partial charge is 0.357 e. The minimum absolute atomic E-state index is 0.0255. The minimum atomic E-state index is -0.377. The maximum Gasteiger partial charge on any atom is 0.270 e. The van der Waals surface area contributed by atoms with Crippen molar-refractivity contribution in [3.63, 3.8) is 0 Å². The Morgan fingerprint density at radius 2 is 2.25 bits per heavy atom. The number of hydrogen-bond acceptors (Lipinski definition) is 2. The second-order valence-corrected chi connectivity index (χ2v) is 4.82. The van der Waals surface area contributed by atoms with E-state index >= 15 is 0 Å². The molecule has 1 aromatic heterocycles. The van der Waals surface area contributed by atoms with Crippen molar-refractivity contribution in [1.29, 1.82) is 0 Å². The number of H-pyrrole nitrogens is 1. The van der Waals surface area contributed by atoms with Crippen LogP contribution >= 0.6 is 0 Å². The van der Waals surface area contributed by atoms with E-state index < -0.39 is 0 Å². The van der Waals surface area contributed by atoms with Crippen molar-refractivity contribution >= 4 is 11.7 Å². The molecule has 2 rings (SSSR count). The molecule has 0 radical (unpaired) electrons. The Labute approximate surface area is 94.6 Å². The predicted octanol–water partition coefficient (Wildman–Crippen LogP) is 1.60. The summed E-state index contributed by atoms with van der Waals surface area (Å²) >= 11 is 0. The number of carbonyl (C=O) groups excluding carboxylic acids is 2. The van der Waals surface area contributed by atoms with Crippen LogP contribution in [0.1, 0.15) is 37.2 Å². The highest BCUT2D eigenvalue weighted by Crippen LogP contribution is 2.26. The average molecular weight is 220 g/mol. The van der Waals surface area contributed by atoms with E-state index in [0.717, 1.165) is 0 Å². The van der Waals surface area contributed by atoms with Crippen LogP contribution in [0, 0.1) is 0 Å². The first-order valence-electron chi connectivity index (χ1n) is 5.48. The van der Waals surface area contributed by atoms with Crippen molar-refractivity contribution < 1.29 is 9.59 Å². The summed E-state index contributed by atoms with van der Waals surface area (Å²) in [5.41, 5.74) is 0.208. The van der Waals surface area contributed by atoms with Gasteiger partial charge in [0.1, 0.15) is 11.5 Å². The van der Waals surface area contributed by atoms with Crippen molar-refractivity contribution in [1.82, 2.24) is 9.88 Å². The van der Waals surface area contributed by atoms with E-state index in [4.69, 9.17) is 0 Å². The Kier molecular flexibility index (Phi) is 2.58. The monoisotopic (exact) mass is 220 g/mol. The standard InChI is InChI=1S/C12H16N2O2/c1-12(2)8-9(15)5-7-14(12)11(16)10-4-3-6-13-10/h3-4,6,13H,5,7-8H2,1-2H3. The summed E-state index contributed by atoms with van der Waals surface area (Å²) < 4.78 is 0. The number of nitrogens with zero attached hydrogens (tertiary/aromatic N) is 1. The molecule has 0 unspecified atom stereocenters. The number of rotatable bonds is 1. The number of hydrogen-bond donors (Lipinski definition) is 1. The number of likely N-dealkylation sites (tertiary alicyclic amines) is 1. The van der Waals surface area contributed by atoms with Crippen molar-refractivity contribution in [3.8, 4) is 0 Å². The van der Waals surface area contributed by atoms with Crippen molar-refractivity contribution in [2.24, 2.45) is 0 Å². The Balaban J connectivity index is 2.21. The van der Waals surface area contributed by atoms with Gasteiger partial charge in [-0.25, -0.2) is 0 Å². The minimum Gasteiger partial charge on any atom is -0.357 e. The molecule has 1 aromatic rings. The molecule has 0 aliphatic carbocycles. The fourth-order valence-corrected chi connectivity index (χ4v) is 2.19. The molecule has 1 N–H and O–H groups in total. The van der Waals surface area contributed by atoms with E-state index in [1.807, 2.05) is 13.8 Å². The lowest BCUT2D eigenvalue weighted by Gasteiger charge is -2.41. The summed E-state index contributed by atoms with van der Waals surface area (Å²) in [5.74, 6) is 0.211. The molecular weight excluding hydrogens is 204 g/mol. The summed E-state index contributed by atoms with van der Waals surface area (Å²) in [7, 11) is 0. The number of nitrogens with one attached hydrogen (secondary N) is 1. The average Bonchev–Trinajstić information content (AvgIpc) is 2.67. The van der Waals surface area contributed by atoms with Crippen LogP contribution in [0.3, 0.4) is 0 Å².